The van der Waals surface area contributed by atoms with E-state index in [1.54, 1.807) is 31.2 Å². The third-order valence-electron chi connectivity index (χ3n) is 4.65. The van der Waals surface area contributed by atoms with Crippen LogP contribution in [-0.2, 0) is 11.4 Å². The number of carbonyl (C=O) groups is 1. The molecule has 3 aromatic rings. The van der Waals surface area contributed by atoms with E-state index in [1.165, 1.54) is 42.5 Å². The average molecular weight is 540 g/mol. The van der Waals surface area contributed by atoms with Crippen LogP contribution in [0.3, 0.4) is 0 Å². The fourth-order valence-corrected chi connectivity index (χ4v) is 3.42. The lowest BCUT2D eigenvalue weighted by atomic mass is 10.1. The predicted octanol–water partition coefficient (Wildman–Crippen LogP) is 6.02. The number of ether oxygens (including phenoxy) is 2. The molecular formula is C25H19BrFN3O5. The minimum absolute atomic E-state index is 0.178. The SMILES string of the molecule is CCOc1cc(/C=C(\C#N)C(=O)Nc2cccc([N+](=O)[O-])c2)c(Br)cc1OCc1ccc(F)cc1. The van der Waals surface area contributed by atoms with E-state index in [4.69, 9.17) is 9.47 Å². The average Bonchev–Trinajstić information content (AvgIpc) is 2.84. The molecule has 0 saturated carbocycles. The van der Waals surface area contributed by atoms with Crippen LogP contribution in [0, 0.1) is 27.3 Å². The fraction of sp³-hybridized carbons (Fsp3) is 0.120. The summed E-state index contributed by atoms with van der Waals surface area (Å²) in [6.07, 6.45) is 1.36. The molecule has 0 radical (unpaired) electrons. The van der Waals surface area contributed by atoms with Gasteiger partial charge in [0.2, 0.25) is 0 Å². The van der Waals surface area contributed by atoms with Gasteiger partial charge < -0.3 is 14.8 Å². The first-order valence-corrected chi connectivity index (χ1v) is 11.1. The van der Waals surface area contributed by atoms with Crippen LogP contribution < -0.4 is 14.8 Å². The highest BCUT2D eigenvalue weighted by Gasteiger charge is 2.15. The van der Waals surface area contributed by atoms with Gasteiger partial charge in [-0.25, -0.2) is 4.39 Å². The molecule has 0 spiro atoms. The molecule has 0 bridgehead atoms. The van der Waals surface area contributed by atoms with Gasteiger partial charge in [-0.15, -0.1) is 0 Å². The number of nitrogens with zero attached hydrogens (tertiary/aromatic N) is 2. The summed E-state index contributed by atoms with van der Waals surface area (Å²) >= 11 is 3.42. The van der Waals surface area contributed by atoms with E-state index < -0.39 is 10.8 Å². The van der Waals surface area contributed by atoms with Crippen LogP contribution in [0.2, 0.25) is 0 Å². The Hall–Kier alpha value is -4.23. The van der Waals surface area contributed by atoms with Crippen molar-refractivity contribution in [2.45, 2.75) is 13.5 Å². The maximum absolute atomic E-state index is 13.1. The van der Waals surface area contributed by atoms with Gasteiger partial charge in [0.15, 0.2) is 11.5 Å². The van der Waals surface area contributed by atoms with Gasteiger partial charge in [0.1, 0.15) is 24.1 Å². The first-order valence-electron chi connectivity index (χ1n) is 10.3. The Bertz CT molecular complexity index is 1320. The van der Waals surface area contributed by atoms with E-state index in [0.717, 1.165) is 5.56 Å². The number of hydrogen-bond acceptors (Lipinski definition) is 6. The summed E-state index contributed by atoms with van der Waals surface area (Å²) in [7, 11) is 0. The molecule has 0 unspecified atom stereocenters. The molecule has 0 aliphatic carbocycles. The number of nitro groups is 1. The van der Waals surface area contributed by atoms with E-state index in [1.807, 2.05) is 6.07 Å². The number of nitrogens with one attached hydrogen (secondary N) is 1. The second kappa shape index (κ2) is 11.8. The van der Waals surface area contributed by atoms with Crippen molar-refractivity contribution >= 4 is 39.3 Å². The van der Waals surface area contributed by atoms with Crippen LogP contribution in [0.5, 0.6) is 11.5 Å². The van der Waals surface area contributed by atoms with Gasteiger partial charge in [0, 0.05) is 22.3 Å². The topological polar surface area (TPSA) is 114 Å². The lowest BCUT2D eigenvalue weighted by molar-refractivity contribution is -0.384. The number of nitro benzene ring substituents is 1. The number of benzene rings is 3. The molecule has 35 heavy (non-hydrogen) atoms. The van der Waals surface area contributed by atoms with Gasteiger partial charge >= 0.3 is 0 Å². The number of hydrogen-bond donors (Lipinski definition) is 1. The van der Waals surface area contributed by atoms with Crippen molar-refractivity contribution in [3.05, 3.63) is 97.8 Å². The van der Waals surface area contributed by atoms with E-state index >= 15 is 0 Å². The quantitative estimate of drug-likeness (QED) is 0.154. The van der Waals surface area contributed by atoms with Crippen LogP contribution in [-0.4, -0.2) is 17.4 Å². The minimum Gasteiger partial charge on any atom is -0.490 e. The van der Waals surface area contributed by atoms with E-state index in [2.05, 4.69) is 21.2 Å². The lowest BCUT2D eigenvalue weighted by Gasteiger charge is -2.14. The number of amides is 1. The maximum atomic E-state index is 13.1. The molecule has 1 N–H and O–H groups in total. The van der Waals surface area contributed by atoms with Gasteiger partial charge in [-0.2, -0.15) is 5.26 Å². The molecule has 10 heteroatoms. The second-order valence-corrected chi connectivity index (χ2v) is 7.95. The summed E-state index contributed by atoms with van der Waals surface area (Å²) in [6, 6.07) is 16.4. The summed E-state index contributed by atoms with van der Waals surface area (Å²) in [5.74, 6) is -0.264. The van der Waals surface area contributed by atoms with Gasteiger partial charge in [-0.3, -0.25) is 14.9 Å². The molecule has 8 nitrogen and oxygen atoms in total. The zero-order chi connectivity index (χ0) is 25.4. The Morgan fingerprint density at radius 2 is 1.89 bits per heavy atom. The third-order valence-corrected chi connectivity index (χ3v) is 5.34. The third kappa shape index (κ3) is 6.88. The summed E-state index contributed by atoms with van der Waals surface area (Å²) < 4.78 is 25.2. The van der Waals surface area contributed by atoms with Crippen molar-refractivity contribution < 1.29 is 23.6 Å². The van der Waals surface area contributed by atoms with E-state index in [-0.39, 0.29) is 29.4 Å². The van der Waals surface area contributed by atoms with Crippen molar-refractivity contribution in [1.82, 2.24) is 0 Å². The Balaban J connectivity index is 1.84. The molecule has 3 rings (SSSR count). The molecule has 0 saturated heterocycles. The number of carbonyl (C=O) groups excluding carboxylic acids is 1. The number of anilines is 1. The van der Waals surface area contributed by atoms with Gasteiger partial charge in [-0.1, -0.05) is 34.1 Å². The Labute approximate surface area is 208 Å². The first-order chi connectivity index (χ1) is 16.8. The molecule has 0 aliphatic heterocycles. The monoisotopic (exact) mass is 539 g/mol. The van der Waals surface area contributed by atoms with Crippen LogP contribution >= 0.6 is 15.9 Å². The Kier molecular flexibility index (Phi) is 8.53. The van der Waals surface area contributed by atoms with Crippen LogP contribution in [0.25, 0.3) is 6.08 Å². The molecule has 0 aromatic heterocycles. The van der Waals surface area contributed by atoms with Crippen LogP contribution in [0.1, 0.15) is 18.1 Å². The fourth-order valence-electron chi connectivity index (χ4n) is 2.98. The van der Waals surface area contributed by atoms with Gasteiger partial charge in [0.25, 0.3) is 11.6 Å². The Morgan fingerprint density at radius 1 is 1.17 bits per heavy atom. The van der Waals surface area contributed by atoms with Crippen LogP contribution in [0.4, 0.5) is 15.8 Å². The Morgan fingerprint density at radius 3 is 2.54 bits per heavy atom. The van der Waals surface area contributed by atoms with Crippen molar-refractivity contribution in [2.24, 2.45) is 0 Å². The molecule has 0 heterocycles. The molecule has 0 fully saturated rings. The normalized spacial score (nSPS) is 10.9. The number of halogens is 2. The molecule has 0 aliphatic rings. The van der Waals surface area contributed by atoms with Crippen molar-refractivity contribution in [2.75, 3.05) is 11.9 Å². The second-order valence-electron chi connectivity index (χ2n) is 7.10. The number of non-ortho nitro benzene ring substituents is 1. The molecular weight excluding hydrogens is 521 g/mol. The highest BCUT2D eigenvalue weighted by atomic mass is 79.9. The van der Waals surface area contributed by atoms with Gasteiger partial charge in [0.05, 0.1) is 11.5 Å². The molecule has 178 valence electrons. The standard InChI is InChI=1S/C25H19BrFN3O5/c1-2-34-23-11-17(22(26)13-24(23)35-15-16-6-8-19(27)9-7-16)10-18(14-28)25(31)29-20-4-3-5-21(12-20)30(32)33/h3-13H,2,15H2,1H3,(H,29,31)/b18-10+. The lowest BCUT2D eigenvalue weighted by Crippen LogP contribution is -2.13. The summed E-state index contributed by atoms with van der Waals surface area (Å²) in [5.41, 5.74) is 1.01. The van der Waals surface area contributed by atoms with Crippen molar-refractivity contribution in [3.63, 3.8) is 0 Å². The largest absolute Gasteiger partial charge is 0.490 e. The highest BCUT2D eigenvalue weighted by molar-refractivity contribution is 9.10. The van der Waals surface area contributed by atoms with E-state index in [0.29, 0.717) is 28.1 Å². The zero-order valence-electron chi connectivity index (χ0n) is 18.5. The summed E-state index contributed by atoms with van der Waals surface area (Å²) in [5, 5.41) is 23.0. The summed E-state index contributed by atoms with van der Waals surface area (Å²) in [6.45, 7) is 2.32. The number of rotatable bonds is 9. The number of nitriles is 1. The maximum Gasteiger partial charge on any atom is 0.271 e. The molecule has 1 amide bonds. The molecule has 0 atom stereocenters. The van der Waals surface area contributed by atoms with Crippen molar-refractivity contribution in [3.8, 4) is 17.6 Å². The minimum atomic E-state index is -0.727. The summed E-state index contributed by atoms with van der Waals surface area (Å²) in [4.78, 5) is 23.0. The predicted molar refractivity (Wildman–Crippen MR) is 131 cm³/mol. The molecule has 3 aromatic carbocycles. The van der Waals surface area contributed by atoms with E-state index in [9.17, 15) is 24.6 Å². The zero-order valence-corrected chi connectivity index (χ0v) is 20.0. The van der Waals surface area contributed by atoms with Crippen molar-refractivity contribution in [1.29, 1.82) is 5.26 Å². The van der Waals surface area contributed by atoms with Crippen LogP contribution in [0.15, 0.2) is 70.7 Å². The van der Waals surface area contributed by atoms with Gasteiger partial charge in [-0.05, 0) is 54.5 Å². The smallest absolute Gasteiger partial charge is 0.271 e. The highest BCUT2D eigenvalue weighted by Crippen LogP contribution is 2.35. The first kappa shape index (κ1) is 25.4.